The van der Waals surface area contributed by atoms with Crippen molar-refractivity contribution in [2.45, 2.75) is 0 Å². The van der Waals surface area contributed by atoms with Crippen molar-refractivity contribution >= 4 is 0 Å². The summed E-state index contributed by atoms with van der Waals surface area (Å²) in [5.74, 6) is 0. The Hall–Kier alpha value is 1.85. The van der Waals surface area contributed by atoms with Gasteiger partial charge in [0, 0.05) is 0 Å². The number of hydrogen-bond donors (Lipinski definition) is 0. The fourth-order valence-corrected chi connectivity index (χ4v) is 0. The van der Waals surface area contributed by atoms with E-state index in [9.17, 15) is 0 Å². The SMILES string of the molecule is [Cr+3].[La+3].[O]=[Mn](=[O])([O-])[O-].[O]=[Mn](=[O])([O-])[O-].[O]=[Mn](=[O])([O-])[O-]. The van der Waals surface area contributed by atoms with Crippen molar-refractivity contribution in [3.8, 4) is 0 Å². The third-order valence-electron chi connectivity index (χ3n) is 0. The molecule has 0 saturated carbocycles. The molecule has 0 aliphatic heterocycles. The molecule has 17 heavy (non-hydrogen) atoms. The van der Waals surface area contributed by atoms with Crippen molar-refractivity contribution in [1.82, 2.24) is 0 Å². The monoisotopic (exact) mass is 548 g/mol. The van der Waals surface area contributed by atoms with Crippen LogP contribution in [0.2, 0.25) is 0 Å². The molecule has 0 fully saturated rings. The molecule has 0 spiro atoms. The molecule has 0 aromatic carbocycles. The minimum atomic E-state index is -5.62. The van der Waals surface area contributed by atoms with E-state index in [1.807, 2.05) is 0 Å². The molecular weight excluding hydrogens is 548 g/mol. The maximum absolute atomic E-state index is 8.58. The standard InChI is InChI=1S/Cr.La.3Mn.12O/q2*+3;;;;;;;;;;6*-1. The van der Waals surface area contributed by atoms with Crippen molar-refractivity contribution in [3.05, 3.63) is 0 Å². The van der Waals surface area contributed by atoms with Crippen LogP contribution < -0.4 is 25.1 Å². The summed E-state index contributed by atoms with van der Waals surface area (Å²) in [5, 5.41) is 0. The van der Waals surface area contributed by atoms with E-state index in [1.54, 1.807) is 0 Å². The van der Waals surface area contributed by atoms with Gasteiger partial charge >= 0.3 is 141 Å². The van der Waals surface area contributed by atoms with E-state index in [-0.39, 0.29) is 53.0 Å². The van der Waals surface area contributed by atoms with Gasteiger partial charge in [-0.2, -0.15) is 0 Å². The Balaban J connectivity index is -0.0000000400. The molecule has 0 saturated heterocycles. The van der Waals surface area contributed by atoms with Crippen LogP contribution in [0, 0.1) is 35.6 Å². The second-order valence-corrected chi connectivity index (χ2v) is 4.68. The Morgan fingerprint density at radius 3 is 0.471 bits per heavy atom. The summed E-state index contributed by atoms with van der Waals surface area (Å²) in [6, 6.07) is 0. The Morgan fingerprint density at radius 1 is 0.471 bits per heavy atom. The van der Waals surface area contributed by atoms with Crippen LogP contribution in [0.4, 0.5) is 0 Å². The Kier molecular flexibility index (Phi) is 23.7. The van der Waals surface area contributed by atoms with E-state index >= 15 is 0 Å². The molecule has 12 nitrogen and oxygen atoms in total. The van der Waals surface area contributed by atoms with Gasteiger partial charge in [0.05, 0.1) is 0 Å². The number of rotatable bonds is 0. The van der Waals surface area contributed by atoms with Crippen molar-refractivity contribution in [2.24, 2.45) is 0 Å². The Morgan fingerprint density at radius 2 is 0.471 bits per heavy atom. The summed E-state index contributed by atoms with van der Waals surface area (Å²) in [6.07, 6.45) is 0. The first-order chi connectivity index (χ1) is 6.00. The molecule has 0 aliphatic rings. The van der Waals surface area contributed by atoms with Gasteiger partial charge in [-0.1, -0.05) is 0 Å². The van der Waals surface area contributed by atoms with Gasteiger partial charge < -0.3 is 0 Å². The van der Waals surface area contributed by atoms with E-state index in [4.69, 9.17) is 48.1 Å². The molecule has 0 atom stereocenters. The summed E-state index contributed by atoms with van der Waals surface area (Å²) in [4.78, 5) is 0. The van der Waals surface area contributed by atoms with Gasteiger partial charge in [0.1, 0.15) is 0 Å². The van der Waals surface area contributed by atoms with Crippen LogP contribution in [0.15, 0.2) is 0 Å². The summed E-state index contributed by atoms with van der Waals surface area (Å²) in [5.41, 5.74) is 0. The Labute approximate surface area is 139 Å². The average Bonchev–Trinajstić information content (AvgIpc) is 1.41. The van der Waals surface area contributed by atoms with Crippen molar-refractivity contribution in [3.63, 3.8) is 0 Å². The van der Waals surface area contributed by atoms with Crippen molar-refractivity contribution < 1.29 is 141 Å². The van der Waals surface area contributed by atoms with Gasteiger partial charge in [-0.25, -0.2) is 0 Å². The van der Waals surface area contributed by atoms with E-state index in [1.165, 1.54) is 0 Å². The summed E-state index contributed by atoms with van der Waals surface area (Å²) in [7, 11) is 0. The summed E-state index contributed by atoms with van der Waals surface area (Å²) in [6.45, 7) is 0. The van der Waals surface area contributed by atoms with E-state index < -0.39 is 40.1 Å². The van der Waals surface area contributed by atoms with Crippen molar-refractivity contribution in [2.75, 3.05) is 0 Å². The molecule has 0 rings (SSSR count). The normalized spacial score (nSPS) is 10.2. The van der Waals surface area contributed by atoms with Crippen LogP contribution in [0.25, 0.3) is 0 Å². The Bertz CT molecular complexity index is 343. The molecule has 0 aromatic rings. The first-order valence-electron chi connectivity index (χ1n) is 1.85. The van der Waals surface area contributed by atoms with Crippen LogP contribution in [-0.2, 0) is 80.5 Å². The van der Waals surface area contributed by atoms with Gasteiger partial charge in [-0.15, -0.1) is 0 Å². The third-order valence-corrected chi connectivity index (χ3v) is 0. The number of hydrogen-bond acceptors (Lipinski definition) is 12. The molecule has 102 valence electrons. The van der Waals surface area contributed by atoms with E-state index in [2.05, 4.69) is 0 Å². The van der Waals surface area contributed by atoms with Gasteiger partial charge in [0.25, 0.3) is 0 Å². The molecule has 17 heteroatoms. The van der Waals surface area contributed by atoms with Gasteiger partial charge in [-0.05, 0) is 0 Å². The molecule has 0 unspecified atom stereocenters. The molecule has 0 aliphatic carbocycles. The summed E-state index contributed by atoms with van der Waals surface area (Å²) >= 11 is -16.9. The minimum absolute atomic E-state index is 0. The van der Waals surface area contributed by atoms with Gasteiger partial charge in [-0.3, -0.25) is 0 Å². The zero-order valence-corrected chi connectivity index (χ0v) is 15.5. The fourth-order valence-electron chi connectivity index (χ4n) is 0. The molecule has 0 aromatic heterocycles. The van der Waals surface area contributed by atoms with E-state index in [0.29, 0.717) is 0 Å². The van der Waals surface area contributed by atoms with E-state index in [0.717, 1.165) is 0 Å². The predicted molar refractivity (Wildman–Crippen MR) is 4.12 cm³/mol. The first kappa shape index (κ1) is 31.3. The summed E-state index contributed by atoms with van der Waals surface area (Å²) < 4.78 is 103. The van der Waals surface area contributed by atoms with Crippen LogP contribution in [0.5, 0.6) is 0 Å². The molecular formula is CrLaMn3O12. The van der Waals surface area contributed by atoms with Crippen LogP contribution in [0.3, 0.4) is 0 Å². The van der Waals surface area contributed by atoms with Crippen LogP contribution in [0.1, 0.15) is 0 Å². The molecule has 1 radical (unpaired) electrons. The molecule has 0 amide bonds. The predicted octanol–water partition coefficient (Wildman–Crippen LogP) is -7.86. The quantitative estimate of drug-likeness (QED) is 0.257. The first-order valence-corrected chi connectivity index (χ1v) is 7.63. The van der Waals surface area contributed by atoms with Gasteiger partial charge in [0.2, 0.25) is 0 Å². The topological polar surface area (TPSA) is 241 Å². The molecule has 0 bridgehead atoms. The maximum atomic E-state index is 8.58. The fraction of sp³-hybridized carbons (Fsp3) is 0. The van der Waals surface area contributed by atoms with Gasteiger partial charge in [0.15, 0.2) is 0 Å². The van der Waals surface area contributed by atoms with Crippen molar-refractivity contribution in [1.29, 1.82) is 0 Å². The zero-order valence-electron chi connectivity index (χ0n) is 7.02. The van der Waals surface area contributed by atoms with Crippen LogP contribution in [-0.4, -0.2) is 0 Å². The molecule has 0 N–H and O–H groups in total. The second kappa shape index (κ2) is 12.9. The van der Waals surface area contributed by atoms with Crippen LogP contribution >= 0.6 is 0 Å². The zero-order chi connectivity index (χ0) is 13.5. The molecule has 0 heterocycles. The average molecular weight is 548 g/mol. The second-order valence-electron chi connectivity index (χ2n) is 1.13. The third kappa shape index (κ3) is 1320.